The van der Waals surface area contributed by atoms with Crippen molar-refractivity contribution in [3.63, 3.8) is 0 Å². The Balaban J connectivity index is 2.30. The molecule has 1 N–H and O–H groups in total. The van der Waals surface area contributed by atoms with Crippen molar-refractivity contribution in [1.29, 1.82) is 0 Å². The molecule has 0 saturated carbocycles. The Hall–Kier alpha value is -2.07. The SMILES string of the molecule is CCCCOc1ccc(NC(=O)[C@@](C)(CCC)OCC)c2ccccc12. The summed E-state index contributed by atoms with van der Waals surface area (Å²) in [6, 6.07) is 11.9. The third-order valence-electron chi connectivity index (χ3n) is 4.56. The number of hydrogen-bond acceptors (Lipinski definition) is 3. The molecule has 4 nitrogen and oxygen atoms in total. The number of carbonyl (C=O) groups excluding carboxylic acids is 1. The number of fused-ring (bicyclic) bond motifs is 1. The zero-order chi connectivity index (χ0) is 19.0. The van der Waals surface area contributed by atoms with Gasteiger partial charge in [0.25, 0.3) is 5.91 Å². The Morgan fingerprint density at radius 3 is 2.42 bits per heavy atom. The largest absolute Gasteiger partial charge is 0.493 e. The first-order chi connectivity index (χ1) is 12.6. The normalized spacial score (nSPS) is 13.4. The van der Waals surface area contributed by atoms with E-state index < -0.39 is 5.60 Å². The van der Waals surface area contributed by atoms with Crippen molar-refractivity contribution >= 4 is 22.4 Å². The summed E-state index contributed by atoms with van der Waals surface area (Å²) < 4.78 is 11.7. The number of hydrogen-bond donors (Lipinski definition) is 1. The van der Waals surface area contributed by atoms with Crippen LogP contribution < -0.4 is 10.1 Å². The molecule has 0 aromatic heterocycles. The minimum atomic E-state index is -0.819. The van der Waals surface area contributed by atoms with Gasteiger partial charge in [-0.05, 0) is 38.8 Å². The average molecular weight is 357 g/mol. The molecule has 2 aromatic carbocycles. The molecule has 0 radical (unpaired) electrons. The first-order valence-electron chi connectivity index (χ1n) is 9.65. The molecule has 0 aliphatic heterocycles. The van der Waals surface area contributed by atoms with E-state index in [0.717, 1.165) is 41.5 Å². The van der Waals surface area contributed by atoms with Crippen LogP contribution in [0.5, 0.6) is 5.75 Å². The predicted molar refractivity (Wildman–Crippen MR) is 108 cm³/mol. The molecule has 0 unspecified atom stereocenters. The summed E-state index contributed by atoms with van der Waals surface area (Å²) in [6.45, 7) is 9.19. The maximum absolute atomic E-state index is 12.9. The predicted octanol–water partition coefficient (Wildman–Crippen LogP) is 5.55. The molecule has 0 saturated heterocycles. The Labute approximate surface area is 156 Å². The summed E-state index contributed by atoms with van der Waals surface area (Å²) in [7, 11) is 0. The van der Waals surface area contributed by atoms with Crippen molar-refractivity contribution in [1.82, 2.24) is 0 Å². The van der Waals surface area contributed by atoms with Crippen molar-refractivity contribution in [3.8, 4) is 5.75 Å². The second kappa shape index (κ2) is 9.58. The van der Waals surface area contributed by atoms with Crippen molar-refractivity contribution in [2.45, 2.75) is 59.0 Å². The Morgan fingerprint density at radius 2 is 1.77 bits per heavy atom. The average Bonchev–Trinajstić information content (AvgIpc) is 2.64. The van der Waals surface area contributed by atoms with E-state index >= 15 is 0 Å². The van der Waals surface area contributed by atoms with E-state index in [1.807, 2.05) is 50.2 Å². The lowest BCUT2D eigenvalue weighted by Crippen LogP contribution is -2.42. The fourth-order valence-electron chi connectivity index (χ4n) is 3.13. The first-order valence-corrected chi connectivity index (χ1v) is 9.65. The van der Waals surface area contributed by atoms with E-state index in [2.05, 4.69) is 19.2 Å². The van der Waals surface area contributed by atoms with E-state index in [-0.39, 0.29) is 5.91 Å². The topological polar surface area (TPSA) is 47.6 Å². The number of nitrogens with one attached hydrogen (secondary N) is 1. The second-order valence-corrected chi connectivity index (χ2v) is 6.73. The van der Waals surface area contributed by atoms with E-state index in [1.165, 1.54) is 0 Å². The van der Waals surface area contributed by atoms with Crippen LogP contribution in [0.2, 0.25) is 0 Å². The number of amides is 1. The standard InChI is InChI=1S/C22H31NO3/c1-5-8-16-25-20-14-13-19(17-11-9-10-12-18(17)20)23-21(24)22(4,15-6-2)26-7-3/h9-14H,5-8,15-16H2,1-4H3,(H,23,24)/t22-/m1/s1. The van der Waals surface area contributed by atoms with Crippen molar-refractivity contribution in [2.24, 2.45) is 0 Å². The smallest absolute Gasteiger partial charge is 0.256 e. The summed E-state index contributed by atoms with van der Waals surface area (Å²) in [5.74, 6) is 0.749. The van der Waals surface area contributed by atoms with Crippen LogP contribution in [0, 0.1) is 0 Å². The molecule has 0 spiro atoms. The zero-order valence-corrected chi connectivity index (χ0v) is 16.4. The molecule has 0 bridgehead atoms. The maximum atomic E-state index is 12.9. The Morgan fingerprint density at radius 1 is 1.04 bits per heavy atom. The third kappa shape index (κ3) is 4.76. The number of benzene rings is 2. The summed E-state index contributed by atoms with van der Waals surface area (Å²) in [6.07, 6.45) is 3.69. The monoisotopic (exact) mass is 357 g/mol. The number of unbranched alkanes of at least 4 members (excludes halogenated alkanes) is 1. The van der Waals surface area contributed by atoms with Crippen LogP contribution in [0.15, 0.2) is 36.4 Å². The molecule has 1 atom stereocenters. The number of rotatable bonds is 10. The summed E-state index contributed by atoms with van der Waals surface area (Å²) in [4.78, 5) is 12.9. The molecule has 0 aliphatic rings. The van der Waals surface area contributed by atoms with E-state index in [4.69, 9.17) is 9.47 Å². The second-order valence-electron chi connectivity index (χ2n) is 6.73. The molecule has 1 amide bonds. The molecule has 142 valence electrons. The molecular weight excluding hydrogens is 326 g/mol. The minimum Gasteiger partial charge on any atom is -0.493 e. The van der Waals surface area contributed by atoms with Gasteiger partial charge in [0.1, 0.15) is 11.4 Å². The summed E-state index contributed by atoms with van der Waals surface area (Å²) in [5, 5.41) is 5.06. The van der Waals surface area contributed by atoms with Gasteiger partial charge in [-0.1, -0.05) is 51.0 Å². The lowest BCUT2D eigenvalue weighted by atomic mass is 9.98. The molecule has 0 heterocycles. The van der Waals surface area contributed by atoms with Crippen LogP contribution in [0.4, 0.5) is 5.69 Å². The lowest BCUT2D eigenvalue weighted by Gasteiger charge is -2.28. The van der Waals surface area contributed by atoms with Crippen LogP contribution in [-0.2, 0) is 9.53 Å². The Bertz CT molecular complexity index is 720. The highest BCUT2D eigenvalue weighted by atomic mass is 16.5. The van der Waals surface area contributed by atoms with Gasteiger partial charge in [0.2, 0.25) is 0 Å². The van der Waals surface area contributed by atoms with Gasteiger partial charge in [-0.15, -0.1) is 0 Å². The van der Waals surface area contributed by atoms with Gasteiger partial charge >= 0.3 is 0 Å². The van der Waals surface area contributed by atoms with Crippen LogP contribution in [0.1, 0.15) is 53.4 Å². The molecule has 26 heavy (non-hydrogen) atoms. The number of carbonyl (C=O) groups is 1. The molecule has 0 aliphatic carbocycles. The van der Waals surface area contributed by atoms with Crippen LogP contribution >= 0.6 is 0 Å². The fraction of sp³-hybridized carbons (Fsp3) is 0.500. The third-order valence-corrected chi connectivity index (χ3v) is 4.56. The van der Waals surface area contributed by atoms with Crippen LogP contribution in [-0.4, -0.2) is 24.7 Å². The van der Waals surface area contributed by atoms with Crippen molar-refractivity contribution in [3.05, 3.63) is 36.4 Å². The van der Waals surface area contributed by atoms with Crippen molar-refractivity contribution < 1.29 is 14.3 Å². The highest BCUT2D eigenvalue weighted by Crippen LogP contribution is 2.32. The lowest BCUT2D eigenvalue weighted by molar-refractivity contribution is -0.139. The van der Waals surface area contributed by atoms with E-state index in [0.29, 0.717) is 19.6 Å². The van der Waals surface area contributed by atoms with Gasteiger partial charge in [0.15, 0.2) is 0 Å². The van der Waals surface area contributed by atoms with Crippen LogP contribution in [0.3, 0.4) is 0 Å². The highest BCUT2D eigenvalue weighted by Gasteiger charge is 2.33. The number of anilines is 1. The summed E-state index contributed by atoms with van der Waals surface area (Å²) >= 11 is 0. The van der Waals surface area contributed by atoms with Gasteiger partial charge in [-0.3, -0.25) is 4.79 Å². The molecule has 0 fully saturated rings. The zero-order valence-electron chi connectivity index (χ0n) is 16.4. The first kappa shape index (κ1) is 20.2. The van der Waals surface area contributed by atoms with Gasteiger partial charge in [-0.2, -0.15) is 0 Å². The molecule has 2 rings (SSSR count). The van der Waals surface area contributed by atoms with Gasteiger partial charge in [-0.25, -0.2) is 0 Å². The summed E-state index contributed by atoms with van der Waals surface area (Å²) in [5.41, 5.74) is -0.0311. The van der Waals surface area contributed by atoms with Crippen molar-refractivity contribution in [2.75, 3.05) is 18.5 Å². The quantitative estimate of drug-likeness (QED) is 0.567. The molecule has 2 aromatic rings. The van der Waals surface area contributed by atoms with Crippen LogP contribution in [0.25, 0.3) is 10.8 Å². The number of ether oxygens (including phenoxy) is 2. The minimum absolute atomic E-state index is 0.106. The van der Waals surface area contributed by atoms with Gasteiger partial charge in [0, 0.05) is 23.1 Å². The molecule has 4 heteroatoms. The van der Waals surface area contributed by atoms with E-state index in [1.54, 1.807) is 0 Å². The van der Waals surface area contributed by atoms with Gasteiger partial charge < -0.3 is 14.8 Å². The Kier molecular flexibility index (Phi) is 7.46. The highest BCUT2D eigenvalue weighted by molar-refractivity contribution is 6.06. The van der Waals surface area contributed by atoms with E-state index in [9.17, 15) is 4.79 Å². The molecular formula is C22H31NO3. The fourth-order valence-corrected chi connectivity index (χ4v) is 3.13. The maximum Gasteiger partial charge on any atom is 0.256 e. The van der Waals surface area contributed by atoms with Gasteiger partial charge in [0.05, 0.1) is 6.61 Å².